The molecule has 0 fully saturated rings. The van der Waals surface area contributed by atoms with E-state index in [1.807, 2.05) is 12.1 Å². The van der Waals surface area contributed by atoms with Crippen LogP contribution in [0.1, 0.15) is 43.5 Å². The Morgan fingerprint density at radius 2 is 1.50 bits per heavy atom. The van der Waals surface area contributed by atoms with Crippen LogP contribution in [-0.2, 0) is 27.2 Å². The summed E-state index contributed by atoms with van der Waals surface area (Å²) in [7, 11) is 3.02. The molecule has 1 heterocycles. The predicted molar refractivity (Wildman–Crippen MR) is 116 cm³/mol. The molecule has 8 heteroatoms. The first-order valence-corrected chi connectivity index (χ1v) is 10.2. The molecule has 8 nitrogen and oxygen atoms in total. The van der Waals surface area contributed by atoms with Gasteiger partial charge in [0.1, 0.15) is 0 Å². The highest BCUT2D eigenvalue weighted by atomic mass is 16.6. The molecular weight excluding hydrogens is 414 g/mol. The molecule has 0 N–H and O–H groups in total. The highest BCUT2D eigenvalue weighted by Crippen LogP contribution is 2.40. The van der Waals surface area contributed by atoms with Crippen LogP contribution in [0, 0.1) is 0 Å². The zero-order chi connectivity index (χ0) is 23.4. The van der Waals surface area contributed by atoms with Crippen LogP contribution in [0.3, 0.4) is 0 Å². The molecule has 0 aromatic heterocycles. The first-order valence-electron chi connectivity index (χ1n) is 10.2. The molecule has 170 valence electrons. The summed E-state index contributed by atoms with van der Waals surface area (Å²) in [5, 5.41) is 0. The van der Waals surface area contributed by atoms with Crippen molar-refractivity contribution in [1.82, 2.24) is 4.90 Å². The fourth-order valence-electron chi connectivity index (χ4n) is 4.01. The van der Waals surface area contributed by atoms with E-state index in [1.165, 1.54) is 35.0 Å². The summed E-state index contributed by atoms with van der Waals surface area (Å²) < 4.78 is 21.3. The Balaban J connectivity index is 2.05. The summed E-state index contributed by atoms with van der Waals surface area (Å²) in [5.74, 6) is 0.572. The van der Waals surface area contributed by atoms with Crippen molar-refractivity contribution in [2.45, 2.75) is 39.7 Å². The van der Waals surface area contributed by atoms with Crippen LogP contribution < -0.4 is 18.9 Å². The van der Waals surface area contributed by atoms with Crippen LogP contribution in [0.2, 0.25) is 0 Å². The van der Waals surface area contributed by atoms with Gasteiger partial charge in [0.25, 0.3) is 0 Å². The number of amides is 1. The van der Waals surface area contributed by atoms with E-state index in [-0.39, 0.29) is 11.9 Å². The molecule has 1 atom stereocenters. The van der Waals surface area contributed by atoms with Crippen LogP contribution >= 0.6 is 0 Å². The molecule has 2 aromatic carbocycles. The molecule has 0 radical (unpaired) electrons. The number of benzene rings is 2. The third kappa shape index (κ3) is 5.01. The highest BCUT2D eigenvalue weighted by molar-refractivity contribution is 5.75. The average Bonchev–Trinajstić information content (AvgIpc) is 2.72. The smallest absolute Gasteiger partial charge is 0.308 e. The van der Waals surface area contributed by atoms with Gasteiger partial charge in [-0.1, -0.05) is 6.07 Å². The van der Waals surface area contributed by atoms with Gasteiger partial charge in [0, 0.05) is 27.3 Å². The molecular formula is C24H27NO7. The van der Waals surface area contributed by atoms with Gasteiger partial charge in [0.15, 0.2) is 23.0 Å². The molecule has 1 aliphatic heterocycles. The third-order valence-corrected chi connectivity index (χ3v) is 5.35. The van der Waals surface area contributed by atoms with E-state index in [0.29, 0.717) is 42.4 Å². The average molecular weight is 441 g/mol. The zero-order valence-electron chi connectivity index (χ0n) is 18.9. The summed E-state index contributed by atoms with van der Waals surface area (Å²) in [6.45, 7) is 4.74. The van der Waals surface area contributed by atoms with Gasteiger partial charge < -0.3 is 23.8 Å². The topological polar surface area (TPSA) is 91.4 Å². The minimum Gasteiger partial charge on any atom is -0.493 e. The highest BCUT2D eigenvalue weighted by Gasteiger charge is 2.31. The van der Waals surface area contributed by atoms with Gasteiger partial charge in [-0.2, -0.15) is 0 Å². The summed E-state index contributed by atoms with van der Waals surface area (Å²) in [4.78, 5) is 37.3. The van der Waals surface area contributed by atoms with Crippen molar-refractivity contribution in [3.63, 3.8) is 0 Å². The lowest BCUT2D eigenvalue weighted by Gasteiger charge is -2.37. The van der Waals surface area contributed by atoms with Gasteiger partial charge in [0.05, 0.1) is 20.3 Å². The van der Waals surface area contributed by atoms with Crippen molar-refractivity contribution in [3.8, 4) is 23.0 Å². The normalized spacial score (nSPS) is 14.9. The van der Waals surface area contributed by atoms with E-state index >= 15 is 0 Å². The molecule has 1 unspecified atom stereocenters. The van der Waals surface area contributed by atoms with Crippen LogP contribution in [0.5, 0.6) is 23.0 Å². The van der Waals surface area contributed by atoms with E-state index < -0.39 is 11.9 Å². The molecule has 1 aliphatic rings. The SMILES string of the molecule is COc1ccc(CC2c3cc(OC(C)=O)c(OC)cc3CCN2C(C)=O)cc1OC(C)=O. The van der Waals surface area contributed by atoms with Gasteiger partial charge in [-0.05, 0) is 53.8 Å². The lowest BCUT2D eigenvalue weighted by Crippen LogP contribution is -2.39. The summed E-state index contributed by atoms with van der Waals surface area (Å²) >= 11 is 0. The number of esters is 2. The Kier molecular flexibility index (Phi) is 7.02. The van der Waals surface area contributed by atoms with Gasteiger partial charge >= 0.3 is 11.9 Å². The molecule has 0 saturated heterocycles. The van der Waals surface area contributed by atoms with Gasteiger partial charge in [-0.15, -0.1) is 0 Å². The van der Waals surface area contributed by atoms with Crippen molar-refractivity contribution in [1.29, 1.82) is 0 Å². The van der Waals surface area contributed by atoms with Crippen LogP contribution in [0.4, 0.5) is 0 Å². The number of fused-ring (bicyclic) bond motifs is 1. The lowest BCUT2D eigenvalue weighted by molar-refractivity contribution is -0.133. The summed E-state index contributed by atoms with van der Waals surface area (Å²) in [6, 6.07) is 8.67. The predicted octanol–water partition coefficient (Wildman–Crippen LogP) is 3.24. The van der Waals surface area contributed by atoms with Gasteiger partial charge in [0.2, 0.25) is 5.91 Å². The number of ether oxygens (including phenoxy) is 4. The van der Waals surface area contributed by atoms with E-state index in [4.69, 9.17) is 18.9 Å². The molecule has 3 rings (SSSR count). The van der Waals surface area contributed by atoms with Crippen molar-refractivity contribution in [2.75, 3.05) is 20.8 Å². The van der Waals surface area contributed by atoms with Gasteiger partial charge in [-0.3, -0.25) is 14.4 Å². The first kappa shape index (κ1) is 23.1. The van der Waals surface area contributed by atoms with Crippen molar-refractivity contribution < 1.29 is 33.3 Å². The number of carbonyl (C=O) groups excluding carboxylic acids is 3. The van der Waals surface area contributed by atoms with Gasteiger partial charge in [-0.25, -0.2) is 0 Å². The van der Waals surface area contributed by atoms with E-state index in [0.717, 1.165) is 16.7 Å². The Morgan fingerprint density at radius 3 is 2.06 bits per heavy atom. The van der Waals surface area contributed by atoms with Crippen molar-refractivity contribution in [2.24, 2.45) is 0 Å². The van der Waals surface area contributed by atoms with Crippen LogP contribution in [0.15, 0.2) is 30.3 Å². The Labute approximate surface area is 187 Å². The maximum Gasteiger partial charge on any atom is 0.308 e. The Morgan fingerprint density at radius 1 is 0.875 bits per heavy atom. The Bertz CT molecular complexity index is 1050. The first-order chi connectivity index (χ1) is 15.2. The summed E-state index contributed by atoms with van der Waals surface area (Å²) in [5.41, 5.74) is 2.76. The standard InChI is InChI=1S/C24H27NO7/c1-14(26)25-9-8-18-12-22(30-5)24(32-16(3)28)13-19(18)20(25)10-17-6-7-21(29-4)23(11-17)31-15(2)27/h6-7,11-13,20H,8-10H2,1-5H3. The number of nitrogens with zero attached hydrogens (tertiary/aromatic N) is 1. The molecule has 0 saturated carbocycles. The monoisotopic (exact) mass is 441 g/mol. The molecule has 1 amide bonds. The number of hydrogen-bond acceptors (Lipinski definition) is 7. The van der Waals surface area contributed by atoms with Crippen molar-refractivity contribution >= 4 is 17.8 Å². The second kappa shape index (κ2) is 9.72. The maximum absolute atomic E-state index is 12.4. The maximum atomic E-state index is 12.4. The zero-order valence-corrected chi connectivity index (χ0v) is 18.9. The van der Waals surface area contributed by atoms with E-state index in [2.05, 4.69) is 0 Å². The molecule has 0 bridgehead atoms. The minimum absolute atomic E-state index is 0.0563. The second-order valence-electron chi connectivity index (χ2n) is 7.56. The fourth-order valence-corrected chi connectivity index (χ4v) is 4.01. The largest absolute Gasteiger partial charge is 0.493 e. The minimum atomic E-state index is -0.458. The van der Waals surface area contributed by atoms with E-state index in [9.17, 15) is 14.4 Å². The fraction of sp³-hybridized carbons (Fsp3) is 0.375. The Hall–Kier alpha value is -3.55. The van der Waals surface area contributed by atoms with Crippen LogP contribution in [-0.4, -0.2) is 43.5 Å². The molecule has 32 heavy (non-hydrogen) atoms. The van der Waals surface area contributed by atoms with Crippen LogP contribution in [0.25, 0.3) is 0 Å². The summed E-state index contributed by atoms with van der Waals surface area (Å²) in [6.07, 6.45) is 1.13. The molecule has 2 aromatic rings. The molecule has 0 spiro atoms. The quantitative estimate of drug-likeness (QED) is 0.502. The number of methoxy groups -OCH3 is 2. The van der Waals surface area contributed by atoms with Crippen molar-refractivity contribution in [3.05, 3.63) is 47.0 Å². The lowest BCUT2D eigenvalue weighted by atomic mass is 9.88. The second-order valence-corrected chi connectivity index (χ2v) is 7.56. The number of rotatable bonds is 6. The third-order valence-electron chi connectivity index (χ3n) is 5.35. The molecule has 0 aliphatic carbocycles. The number of carbonyl (C=O) groups is 3. The number of hydrogen-bond donors (Lipinski definition) is 0. The van der Waals surface area contributed by atoms with E-state index in [1.54, 1.807) is 23.1 Å².